The lowest BCUT2D eigenvalue weighted by atomic mass is 10.1. The second kappa shape index (κ2) is 6.31. The van der Waals surface area contributed by atoms with Gasteiger partial charge in [0.15, 0.2) is 0 Å². The van der Waals surface area contributed by atoms with Crippen LogP contribution >= 0.6 is 0 Å². The number of nitrogens with one attached hydrogen (secondary N) is 1. The van der Waals surface area contributed by atoms with Crippen LogP contribution in [-0.2, 0) is 6.54 Å². The smallest absolute Gasteiger partial charge is 0.129 e. The van der Waals surface area contributed by atoms with Gasteiger partial charge in [0, 0.05) is 24.2 Å². The summed E-state index contributed by atoms with van der Waals surface area (Å²) in [6.07, 6.45) is -0.910. The molecule has 0 aliphatic heterocycles. The zero-order valence-corrected chi connectivity index (χ0v) is 10.4. The predicted molar refractivity (Wildman–Crippen MR) is 71.2 cm³/mol. The molecule has 0 amide bonds. The number of para-hydroxylation sites is 1. The molecule has 3 nitrogen and oxygen atoms in total. The Morgan fingerprint density at radius 2 is 1.74 bits per heavy atom. The van der Waals surface area contributed by atoms with Gasteiger partial charge in [0.2, 0.25) is 0 Å². The van der Waals surface area contributed by atoms with E-state index in [1.165, 1.54) is 6.07 Å². The Balaban J connectivity index is 1.90. The number of aliphatic hydroxyl groups excluding tert-OH is 1. The maximum Gasteiger partial charge on any atom is 0.129 e. The highest BCUT2D eigenvalue weighted by Crippen LogP contribution is 2.17. The molecule has 3 N–H and O–H groups in total. The minimum absolute atomic E-state index is 0.204. The van der Waals surface area contributed by atoms with E-state index in [9.17, 15) is 14.6 Å². The Morgan fingerprint density at radius 3 is 2.47 bits per heavy atom. The molecule has 0 bridgehead atoms. The first-order valence-electron chi connectivity index (χ1n) is 6.08. The largest absolute Gasteiger partial charge is 0.508 e. The second-order valence-electron chi connectivity index (χ2n) is 4.30. The summed E-state index contributed by atoms with van der Waals surface area (Å²) in [6.45, 7) is 0.632. The van der Waals surface area contributed by atoms with Gasteiger partial charge in [-0.15, -0.1) is 0 Å². The van der Waals surface area contributed by atoms with Gasteiger partial charge in [-0.05, 0) is 12.1 Å². The van der Waals surface area contributed by atoms with Gasteiger partial charge in [-0.2, -0.15) is 0 Å². The van der Waals surface area contributed by atoms with Crippen LogP contribution in [0.15, 0.2) is 48.5 Å². The van der Waals surface area contributed by atoms with Crippen LogP contribution in [-0.4, -0.2) is 16.8 Å². The SMILES string of the molecule is Oc1ccccc1CNCC(O)c1ccccc1F. The van der Waals surface area contributed by atoms with Gasteiger partial charge in [-0.3, -0.25) is 0 Å². The number of phenols is 1. The molecule has 1 unspecified atom stereocenters. The van der Waals surface area contributed by atoms with Crippen LogP contribution in [0.4, 0.5) is 4.39 Å². The quantitative estimate of drug-likeness (QED) is 0.774. The van der Waals surface area contributed by atoms with Crippen molar-refractivity contribution in [2.75, 3.05) is 6.54 Å². The van der Waals surface area contributed by atoms with Crippen molar-refractivity contribution in [3.05, 3.63) is 65.5 Å². The molecule has 0 spiro atoms. The van der Waals surface area contributed by atoms with Crippen LogP contribution in [0, 0.1) is 5.82 Å². The van der Waals surface area contributed by atoms with Crippen molar-refractivity contribution in [1.29, 1.82) is 0 Å². The first-order chi connectivity index (χ1) is 9.18. The molecule has 0 saturated carbocycles. The number of aliphatic hydroxyl groups is 1. The van der Waals surface area contributed by atoms with E-state index in [-0.39, 0.29) is 17.9 Å². The zero-order valence-electron chi connectivity index (χ0n) is 10.4. The van der Waals surface area contributed by atoms with Gasteiger partial charge in [-0.1, -0.05) is 36.4 Å². The van der Waals surface area contributed by atoms with E-state index in [1.54, 1.807) is 36.4 Å². The summed E-state index contributed by atoms with van der Waals surface area (Å²) >= 11 is 0. The second-order valence-corrected chi connectivity index (χ2v) is 4.30. The molecule has 100 valence electrons. The van der Waals surface area contributed by atoms with E-state index < -0.39 is 11.9 Å². The fourth-order valence-corrected chi connectivity index (χ4v) is 1.86. The van der Waals surface area contributed by atoms with Crippen LogP contribution in [0.3, 0.4) is 0 Å². The number of phenolic OH excluding ortho intramolecular Hbond substituents is 1. The highest BCUT2D eigenvalue weighted by atomic mass is 19.1. The molecule has 0 aromatic heterocycles. The average Bonchev–Trinajstić information content (AvgIpc) is 2.41. The van der Waals surface area contributed by atoms with E-state index in [0.717, 1.165) is 5.56 Å². The lowest BCUT2D eigenvalue weighted by Gasteiger charge is -2.13. The predicted octanol–water partition coefficient (Wildman–Crippen LogP) is 2.35. The fraction of sp³-hybridized carbons (Fsp3) is 0.200. The summed E-state index contributed by atoms with van der Waals surface area (Å²) in [5.41, 5.74) is 1.01. The molecule has 1 atom stereocenters. The van der Waals surface area contributed by atoms with E-state index in [2.05, 4.69) is 5.32 Å². The van der Waals surface area contributed by atoms with Gasteiger partial charge in [0.1, 0.15) is 11.6 Å². The van der Waals surface area contributed by atoms with Gasteiger partial charge >= 0.3 is 0 Å². The summed E-state index contributed by atoms with van der Waals surface area (Å²) in [5.74, 6) is -0.213. The third kappa shape index (κ3) is 3.53. The Kier molecular flexibility index (Phi) is 4.49. The Morgan fingerprint density at radius 1 is 1.05 bits per heavy atom. The van der Waals surface area contributed by atoms with Gasteiger partial charge < -0.3 is 15.5 Å². The molecule has 2 rings (SSSR count). The van der Waals surface area contributed by atoms with Gasteiger partial charge in [0.25, 0.3) is 0 Å². The van der Waals surface area contributed by atoms with E-state index in [1.807, 2.05) is 6.07 Å². The highest BCUT2D eigenvalue weighted by Gasteiger charge is 2.11. The molecule has 4 heteroatoms. The number of hydrogen-bond donors (Lipinski definition) is 3. The summed E-state index contributed by atoms with van der Waals surface area (Å²) in [6, 6.07) is 13.1. The molecule has 0 fully saturated rings. The van der Waals surface area contributed by atoms with Crippen LogP contribution in [0.25, 0.3) is 0 Å². The number of aromatic hydroxyl groups is 1. The third-order valence-corrected chi connectivity index (χ3v) is 2.91. The Hall–Kier alpha value is -1.91. The van der Waals surface area contributed by atoms with Crippen molar-refractivity contribution in [2.24, 2.45) is 0 Å². The van der Waals surface area contributed by atoms with Crippen molar-refractivity contribution < 1.29 is 14.6 Å². The number of benzene rings is 2. The molecule has 0 aliphatic carbocycles. The van der Waals surface area contributed by atoms with Crippen LogP contribution in [0.2, 0.25) is 0 Å². The first-order valence-corrected chi connectivity index (χ1v) is 6.08. The van der Waals surface area contributed by atoms with Crippen LogP contribution < -0.4 is 5.32 Å². The zero-order chi connectivity index (χ0) is 13.7. The topological polar surface area (TPSA) is 52.5 Å². The molecule has 0 aliphatic rings. The monoisotopic (exact) mass is 261 g/mol. The van der Waals surface area contributed by atoms with Crippen LogP contribution in [0.5, 0.6) is 5.75 Å². The summed E-state index contributed by atoms with van der Waals surface area (Å²) in [7, 11) is 0. The highest BCUT2D eigenvalue weighted by molar-refractivity contribution is 5.31. The molecule has 2 aromatic rings. The molecule has 2 aromatic carbocycles. The summed E-state index contributed by atoms with van der Waals surface area (Å²) < 4.78 is 13.4. The van der Waals surface area contributed by atoms with Crippen molar-refractivity contribution in [3.63, 3.8) is 0 Å². The summed E-state index contributed by atoms with van der Waals surface area (Å²) in [4.78, 5) is 0. The lowest BCUT2D eigenvalue weighted by Crippen LogP contribution is -2.21. The van der Waals surface area contributed by atoms with Crippen LogP contribution in [0.1, 0.15) is 17.2 Å². The van der Waals surface area contributed by atoms with Gasteiger partial charge in [-0.25, -0.2) is 4.39 Å². The maximum absolute atomic E-state index is 13.4. The third-order valence-electron chi connectivity index (χ3n) is 2.91. The minimum Gasteiger partial charge on any atom is -0.508 e. The molecule has 0 radical (unpaired) electrons. The summed E-state index contributed by atoms with van der Waals surface area (Å²) in [5, 5.41) is 22.4. The van der Waals surface area contributed by atoms with E-state index in [4.69, 9.17) is 0 Å². The number of rotatable bonds is 5. The minimum atomic E-state index is -0.910. The van der Waals surface area contributed by atoms with Crippen molar-refractivity contribution >= 4 is 0 Å². The van der Waals surface area contributed by atoms with Crippen molar-refractivity contribution in [1.82, 2.24) is 5.32 Å². The molecular weight excluding hydrogens is 245 g/mol. The number of hydrogen-bond acceptors (Lipinski definition) is 3. The molecular formula is C15H16FNO2. The van der Waals surface area contributed by atoms with E-state index >= 15 is 0 Å². The standard InChI is InChI=1S/C15H16FNO2/c16-13-7-3-2-6-12(13)15(19)10-17-9-11-5-1-4-8-14(11)18/h1-8,15,17-19H,9-10H2. The first kappa shape index (κ1) is 13.5. The number of halogens is 1. The van der Waals surface area contributed by atoms with Gasteiger partial charge in [0.05, 0.1) is 6.10 Å². The maximum atomic E-state index is 13.4. The van der Waals surface area contributed by atoms with Crippen molar-refractivity contribution in [3.8, 4) is 5.75 Å². The van der Waals surface area contributed by atoms with Crippen molar-refractivity contribution in [2.45, 2.75) is 12.6 Å². The molecule has 0 saturated heterocycles. The Labute approximate surface area is 111 Å². The molecule has 0 heterocycles. The molecule has 19 heavy (non-hydrogen) atoms. The van der Waals surface area contributed by atoms with E-state index in [0.29, 0.717) is 6.54 Å². The fourth-order valence-electron chi connectivity index (χ4n) is 1.86. The Bertz CT molecular complexity index is 545. The lowest BCUT2D eigenvalue weighted by molar-refractivity contribution is 0.169. The average molecular weight is 261 g/mol. The normalized spacial score (nSPS) is 12.3.